The quantitative estimate of drug-likeness (QED) is 0.0571. The summed E-state index contributed by atoms with van der Waals surface area (Å²) >= 11 is 0. The number of fused-ring (bicyclic) bond motifs is 2. The zero-order chi connectivity index (χ0) is 35.2. The van der Waals surface area contributed by atoms with Crippen molar-refractivity contribution in [1.29, 1.82) is 0 Å². The molecule has 9 heteroatoms. The Morgan fingerprint density at radius 1 is 0.469 bits per heavy atom. The molecule has 0 aliphatic heterocycles. The molecule has 264 valence electrons. The third kappa shape index (κ3) is 13.5. The van der Waals surface area contributed by atoms with E-state index in [0.717, 1.165) is 98.9 Å². The van der Waals surface area contributed by atoms with Crippen molar-refractivity contribution in [2.24, 2.45) is 0 Å². The number of benzene rings is 4. The van der Waals surface area contributed by atoms with Crippen molar-refractivity contribution in [3.8, 4) is 0 Å². The fourth-order valence-corrected chi connectivity index (χ4v) is 7.98. The molecule has 0 unspecified atom stereocenters. The second-order valence-corrected chi connectivity index (χ2v) is 15.7. The number of rotatable bonds is 18. The van der Waals surface area contributed by atoms with E-state index >= 15 is 0 Å². The van der Waals surface area contributed by atoms with Crippen LogP contribution in [0.15, 0.2) is 70.5 Å². The summed E-state index contributed by atoms with van der Waals surface area (Å²) in [6, 6.07) is 18.3. The van der Waals surface area contributed by atoms with Crippen LogP contribution < -0.4 is 0 Å². The molecule has 4 aromatic carbocycles. The Morgan fingerprint density at radius 2 is 0.796 bits per heavy atom. The average Bonchev–Trinajstić information content (AvgIpc) is 3.04. The Bertz CT molecular complexity index is 1700. The molecule has 0 bridgehead atoms. The molecule has 6 nitrogen and oxygen atoms in total. The number of hydrogen-bond donors (Lipinski definition) is 0. The summed E-state index contributed by atoms with van der Waals surface area (Å²) in [7, 11) is -8.93. The van der Waals surface area contributed by atoms with E-state index in [1.807, 2.05) is 24.3 Å². The van der Waals surface area contributed by atoms with Gasteiger partial charge in [0.05, 0.1) is 9.79 Å². The first kappa shape index (κ1) is 43.6. The molecule has 0 aromatic heterocycles. The Balaban J connectivity index is 0.000000333. The van der Waals surface area contributed by atoms with Gasteiger partial charge >= 0.3 is 37.7 Å². The predicted molar refractivity (Wildman–Crippen MR) is 202 cm³/mol. The third-order valence-corrected chi connectivity index (χ3v) is 10.7. The normalized spacial score (nSPS) is 11.7. The third-order valence-electron chi connectivity index (χ3n) is 8.94. The molecule has 0 radical (unpaired) electrons. The van der Waals surface area contributed by atoms with Gasteiger partial charge in [-0.25, -0.2) is 16.8 Å². The molecule has 49 heavy (non-hydrogen) atoms. The van der Waals surface area contributed by atoms with E-state index in [2.05, 4.69) is 39.8 Å². The smallest absolute Gasteiger partial charge is 0.744 e. The molecule has 0 saturated heterocycles. The summed E-state index contributed by atoms with van der Waals surface area (Å²) < 4.78 is 70.0. The van der Waals surface area contributed by atoms with Gasteiger partial charge < -0.3 is 9.11 Å². The minimum atomic E-state index is -4.47. The minimum absolute atomic E-state index is 0. The van der Waals surface area contributed by atoms with Crippen LogP contribution in [0.2, 0.25) is 0 Å². The van der Waals surface area contributed by atoms with E-state index in [1.54, 1.807) is 12.1 Å². The molecule has 4 rings (SSSR count). The van der Waals surface area contributed by atoms with Gasteiger partial charge in [-0.1, -0.05) is 128 Å². The molecule has 4 aromatic rings. The van der Waals surface area contributed by atoms with Gasteiger partial charge in [0, 0.05) is 10.8 Å². The van der Waals surface area contributed by atoms with Gasteiger partial charge in [-0.2, -0.15) is 0 Å². The van der Waals surface area contributed by atoms with Crippen molar-refractivity contribution in [2.45, 2.75) is 140 Å². The van der Waals surface area contributed by atoms with Crippen molar-refractivity contribution in [2.75, 3.05) is 0 Å². The van der Waals surface area contributed by atoms with Crippen LogP contribution in [0.25, 0.3) is 21.5 Å². The van der Waals surface area contributed by atoms with E-state index in [9.17, 15) is 25.9 Å². The SMILES string of the molecule is CCCCCc1cc(CCCCC)c2c(S(=O)(=O)[O-])cccc2c1.CCCCCc1cc(CCCCC)c2c(S(=O)(=O)[O-])cccc2c1.[Ca+2]. The standard InChI is InChI=1S/2C20H28O3S.Ca/c2*1-3-5-7-10-16-14-17(11-8-6-4-2)20-18(15-16)12-9-13-19(20)24(21,22)23;/h2*9,12-15H,3-8,10-11H2,1-2H3,(H,21,22,23);/q;;+2/p-2. The van der Waals surface area contributed by atoms with E-state index < -0.39 is 20.2 Å². The first-order valence-corrected chi connectivity index (χ1v) is 20.8. The van der Waals surface area contributed by atoms with Gasteiger partial charge in [-0.3, -0.25) is 0 Å². The van der Waals surface area contributed by atoms with Gasteiger partial charge in [-0.05, 0) is 96.5 Å². The molecule has 0 spiro atoms. The Morgan fingerprint density at radius 3 is 1.10 bits per heavy atom. The average molecular weight is 735 g/mol. The van der Waals surface area contributed by atoms with Crippen LogP contribution in [0, 0.1) is 0 Å². The van der Waals surface area contributed by atoms with Crippen molar-refractivity contribution < 1.29 is 25.9 Å². The van der Waals surface area contributed by atoms with Gasteiger partial charge in [-0.15, -0.1) is 0 Å². The van der Waals surface area contributed by atoms with Crippen molar-refractivity contribution in [3.05, 3.63) is 82.9 Å². The van der Waals surface area contributed by atoms with Crippen LogP contribution in [0.5, 0.6) is 0 Å². The topological polar surface area (TPSA) is 114 Å². The molecule has 0 saturated carbocycles. The first-order valence-electron chi connectivity index (χ1n) is 17.9. The maximum absolute atomic E-state index is 11.7. The molecule has 0 aliphatic rings. The largest absolute Gasteiger partial charge is 2.00 e. The maximum atomic E-state index is 11.7. The van der Waals surface area contributed by atoms with E-state index in [0.29, 0.717) is 10.8 Å². The summed E-state index contributed by atoms with van der Waals surface area (Å²) in [6.45, 7) is 8.66. The second-order valence-electron chi connectivity index (χ2n) is 13.0. The summed E-state index contributed by atoms with van der Waals surface area (Å²) in [5.41, 5.74) is 4.48. The van der Waals surface area contributed by atoms with Crippen LogP contribution in [0.1, 0.15) is 127 Å². The molecular formula is C40H54CaO6S2. The monoisotopic (exact) mass is 734 g/mol. The van der Waals surface area contributed by atoms with E-state index in [4.69, 9.17) is 0 Å². The van der Waals surface area contributed by atoms with Gasteiger partial charge in [0.2, 0.25) is 0 Å². The zero-order valence-corrected chi connectivity index (χ0v) is 33.9. The first-order chi connectivity index (χ1) is 22.9. The number of aryl methyl sites for hydroxylation is 4. The van der Waals surface area contributed by atoms with Gasteiger partial charge in [0.25, 0.3) is 0 Å². The molecule has 0 amide bonds. The summed E-state index contributed by atoms with van der Waals surface area (Å²) in [6.07, 6.45) is 17.1. The van der Waals surface area contributed by atoms with Crippen LogP contribution in [-0.4, -0.2) is 63.7 Å². The summed E-state index contributed by atoms with van der Waals surface area (Å²) in [4.78, 5) is -0.154. The van der Waals surface area contributed by atoms with E-state index in [-0.39, 0.29) is 47.5 Å². The Hall–Kier alpha value is -1.52. The Labute approximate surface area is 326 Å². The molecule has 0 fully saturated rings. The molecule has 0 atom stereocenters. The fourth-order valence-electron chi connectivity index (χ4n) is 6.49. The van der Waals surface area contributed by atoms with Crippen LogP contribution in [0.4, 0.5) is 0 Å². The van der Waals surface area contributed by atoms with Crippen molar-refractivity contribution in [1.82, 2.24) is 0 Å². The molecule has 0 N–H and O–H groups in total. The van der Waals surface area contributed by atoms with Crippen molar-refractivity contribution >= 4 is 79.5 Å². The van der Waals surface area contributed by atoms with Crippen LogP contribution in [0.3, 0.4) is 0 Å². The number of unbranched alkanes of at least 4 members (excludes halogenated alkanes) is 8. The summed E-state index contributed by atoms with van der Waals surface area (Å²) in [5.74, 6) is 0. The summed E-state index contributed by atoms with van der Waals surface area (Å²) in [5, 5.41) is 2.99. The van der Waals surface area contributed by atoms with Crippen LogP contribution in [-0.2, 0) is 45.9 Å². The molecule has 0 aliphatic carbocycles. The van der Waals surface area contributed by atoms with Gasteiger partial charge in [0.15, 0.2) is 0 Å². The van der Waals surface area contributed by atoms with Gasteiger partial charge in [0.1, 0.15) is 20.2 Å². The minimum Gasteiger partial charge on any atom is -0.744 e. The van der Waals surface area contributed by atoms with Crippen LogP contribution >= 0.6 is 0 Å². The maximum Gasteiger partial charge on any atom is 2.00 e. The Kier molecular flexibility index (Phi) is 19.4. The van der Waals surface area contributed by atoms with Crippen molar-refractivity contribution in [3.63, 3.8) is 0 Å². The molecular weight excluding hydrogens is 681 g/mol. The van der Waals surface area contributed by atoms with E-state index in [1.165, 1.54) is 48.9 Å². The zero-order valence-electron chi connectivity index (χ0n) is 30.1. The second kappa shape index (κ2) is 21.8. The predicted octanol–water partition coefficient (Wildman–Crippen LogP) is 10.0. The fraction of sp³-hybridized carbons (Fsp3) is 0.500. The molecule has 0 heterocycles. The number of hydrogen-bond acceptors (Lipinski definition) is 6.